The van der Waals surface area contributed by atoms with Gasteiger partial charge < -0.3 is 15.3 Å². The molecule has 1 aliphatic rings. The Bertz CT molecular complexity index is 1470. The van der Waals surface area contributed by atoms with E-state index in [9.17, 15) is 14.7 Å². The van der Waals surface area contributed by atoms with Crippen LogP contribution < -0.4 is 15.8 Å². The lowest BCUT2D eigenvalue weighted by Crippen LogP contribution is -2.36. The smallest absolute Gasteiger partial charge is 0.337 e. The van der Waals surface area contributed by atoms with Crippen molar-refractivity contribution < 1.29 is 9.90 Å². The van der Waals surface area contributed by atoms with Gasteiger partial charge in [-0.25, -0.2) is 9.78 Å². The molecule has 4 heterocycles. The van der Waals surface area contributed by atoms with Crippen molar-refractivity contribution in [3.05, 3.63) is 87.1 Å². The van der Waals surface area contributed by atoms with Gasteiger partial charge in [0, 0.05) is 30.2 Å². The number of pyridine rings is 1. The number of carbonyl (C=O) groups is 1. The largest absolute Gasteiger partial charge is 0.478 e. The van der Waals surface area contributed by atoms with E-state index in [1.165, 1.54) is 0 Å². The van der Waals surface area contributed by atoms with E-state index in [1.54, 1.807) is 41.1 Å². The minimum atomic E-state index is -0.999. The number of aryl methyl sites for hydroxylation is 1. The number of fused-ring (bicyclic) bond motifs is 2. The van der Waals surface area contributed by atoms with Crippen LogP contribution in [0, 0.1) is 13.8 Å². The fourth-order valence-electron chi connectivity index (χ4n) is 4.58. The van der Waals surface area contributed by atoms with E-state index in [4.69, 9.17) is 4.98 Å². The molecule has 0 radical (unpaired) electrons. The van der Waals surface area contributed by atoms with Crippen molar-refractivity contribution in [3.63, 3.8) is 0 Å². The van der Waals surface area contributed by atoms with E-state index in [2.05, 4.69) is 15.3 Å². The summed E-state index contributed by atoms with van der Waals surface area (Å²) >= 11 is 0. The van der Waals surface area contributed by atoms with Gasteiger partial charge in [0.25, 0.3) is 5.56 Å². The van der Waals surface area contributed by atoms with Crippen molar-refractivity contribution in [2.24, 2.45) is 0 Å². The van der Waals surface area contributed by atoms with Gasteiger partial charge in [-0.2, -0.15) is 5.10 Å². The van der Waals surface area contributed by atoms with Crippen molar-refractivity contribution >= 4 is 23.1 Å². The predicted molar refractivity (Wildman–Crippen MR) is 130 cm³/mol. The Hall–Kier alpha value is -4.14. The fraction of sp³-hybridized carbons (Fsp3) is 0.280. The number of hydrogen-bond acceptors (Lipinski definition) is 6. The highest BCUT2D eigenvalue weighted by molar-refractivity contribution is 5.94. The summed E-state index contributed by atoms with van der Waals surface area (Å²) in [4.78, 5) is 32.2. The molecule has 0 spiro atoms. The van der Waals surface area contributed by atoms with Crippen LogP contribution in [0.1, 0.15) is 45.7 Å². The molecule has 4 aromatic rings. The molecule has 0 unspecified atom stereocenters. The molecule has 1 aromatic carbocycles. The number of aromatic nitrogens is 4. The molecule has 9 heteroatoms. The molecule has 0 saturated carbocycles. The molecule has 1 aliphatic heterocycles. The number of carboxylic acids is 1. The zero-order valence-electron chi connectivity index (χ0n) is 19.3. The van der Waals surface area contributed by atoms with Gasteiger partial charge >= 0.3 is 5.97 Å². The van der Waals surface area contributed by atoms with Crippen molar-refractivity contribution in [2.45, 2.75) is 39.9 Å². The summed E-state index contributed by atoms with van der Waals surface area (Å²) in [6.07, 6.45) is 3.59. The third-order valence-corrected chi connectivity index (χ3v) is 6.32. The average molecular weight is 459 g/mol. The minimum absolute atomic E-state index is 0.109. The van der Waals surface area contributed by atoms with Gasteiger partial charge in [-0.05, 0) is 50.6 Å². The summed E-state index contributed by atoms with van der Waals surface area (Å²) in [6.45, 7) is 7.76. The summed E-state index contributed by atoms with van der Waals surface area (Å²) in [5.74, 6) is -0.332. The second-order valence-corrected chi connectivity index (χ2v) is 8.72. The number of aromatic carboxylic acids is 1. The van der Waals surface area contributed by atoms with Gasteiger partial charge in [-0.3, -0.25) is 13.9 Å². The van der Waals surface area contributed by atoms with Crippen molar-refractivity contribution in [3.8, 4) is 0 Å². The summed E-state index contributed by atoms with van der Waals surface area (Å²) in [5, 5.41) is 17.2. The van der Waals surface area contributed by atoms with Gasteiger partial charge in [0.05, 0.1) is 36.0 Å². The van der Waals surface area contributed by atoms with E-state index in [1.807, 2.05) is 37.6 Å². The van der Waals surface area contributed by atoms with Crippen LogP contribution in [-0.2, 0) is 13.1 Å². The van der Waals surface area contributed by atoms with Gasteiger partial charge in [0.2, 0.25) is 0 Å². The first-order valence-electron chi connectivity index (χ1n) is 11.2. The van der Waals surface area contributed by atoms with Crippen LogP contribution in [0.25, 0.3) is 5.65 Å². The van der Waals surface area contributed by atoms with Crippen LogP contribution in [0.3, 0.4) is 0 Å². The van der Waals surface area contributed by atoms with E-state index < -0.39 is 5.97 Å². The Morgan fingerprint density at radius 3 is 2.76 bits per heavy atom. The average Bonchev–Trinajstić information content (AvgIpc) is 3.29. The Morgan fingerprint density at radius 2 is 1.97 bits per heavy atom. The maximum atomic E-state index is 13.4. The zero-order chi connectivity index (χ0) is 24.0. The van der Waals surface area contributed by atoms with Crippen LogP contribution in [0.4, 0.5) is 11.5 Å². The maximum Gasteiger partial charge on any atom is 0.337 e. The number of hydrogen-bond donors (Lipinski definition) is 2. The molecule has 3 aromatic heterocycles. The topological polar surface area (TPSA) is 105 Å². The number of rotatable bonds is 5. The van der Waals surface area contributed by atoms with Crippen LogP contribution in [0.15, 0.2) is 53.6 Å². The highest BCUT2D eigenvalue weighted by Gasteiger charge is 2.23. The monoisotopic (exact) mass is 458 g/mol. The summed E-state index contributed by atoms with van der Waals surface area (Å²) in [7, 11) is 0. The lowest BCUT2D eigenvalue weighted by atomic mass is 10.1. The van der Waals surface area contributed by atoms with E-state index in [-0.39, 0.29) is 17.2 Å². The van der Waals surface area contributed by atoms with Crippen molar-refractivity contribution in [2.75, 3.05) is 16.8 Å². The number of benzene rings is 1. The standard InChI is InChI=1S/C25H26N6O3/c1-15-12-20(17(3)27-21-7-5-4-6-19(21)25(33)34)23-28-22(16(2)24(32)30(23)13-15)29-10-11-31-18(14-29)8-9-26-31/h4-9,12-13,17,27H,10-11,14H2,1-3H3,(H,33,34)/t17-/m1/s1. The summed E-state index contributed by atoms with van der Waals surface area (Å²) < 4.78 is 3.57. The Labute approximate surface area is 196 Å². The first kappa shape index (κ1) is 21.7. The molecular formula is C25H26N6O3. The molecule has 0 aliphatic carbocycles. The number of para-hydroxylation sites is 1. The normalized spacial score (nSPS) is 14.1. The molecule has 0 fully saturated rings. The Morgan fingerprint density at radius 1 is 1.18 bits per heavy atom. The fourth-order valence-corrected chi connectivity index (χ4v) is 4.58. The zero-order valence-corrected chi connectivity index (χ0v) is 19.3. The molecule has 2 N–H and O–H groups in total. The lowest BCUT2D eigenvalue weighted by Gasteiger charge is -2.30. The molecule has 5 rings (SSSR count). The molecule has 0 saturated heterocycles. The van der Waals surface area contributed by atoms with Gasteiger partial charge in [0.15, 0.2) is 0 Å². The number of anilines is 2. The molecule has 1 atom stereocenters. The number of nitrogens with zero attached hydrogens (tertiary/aromatic N) is 5. The molecule has 0 bridgehead atoms. The third kappa shape index (κ3) is 3.68. The summed E-state index contributed by atoms with van der Waals surface area (Å²) in [6, 6.07) is 10.5. The van der Waals surface area contributed by atoms with E-state index >= 15 is 0 Å². The van der Waals surface area contributed by atoms with Crippen LogP contribution >= 0.6 is 0 Å². The number of nitrogens with one attached hydrogen (secondary N) is 1. The second kappa shape index (κ2) is 8.33. The van der Waals surface area contributed by atoms with Gasteiger partial charge in [-0.1, -0.05) is 12.1 Å². The van der Waals surface area contributed by atoms with Gasteiger partial charge in [-0.15, -0.1) is 0 Å². The Kier molecular flexibility index (Phi) is 5.31. The Balaban J connectivity index is 1.60. The SMILES string of the molecule is Cc1cc([C@@H](C)Nc2ccccc2C(=O)O)c2nc(N3CCn4nccc4C3)c(C)c(=O)n2c1. The maximum absolute atomic E-state index is 13.4. The molecule has 34 heavy (non-hydrogen) atoms. The summed E-state index contributed by atoms with van der Waals surface area (Å²) in [5.41, 5.74) is 4.57. The second-order valence-electron chi connectivity index (χ2n) is 8.72. The molecule has 174 valence electrons. The lowest BCUT2D eigenvalue weighted by molar-refractivity contribution is 0.0698. The highest BCUT2D eigenvalue weighted by Crippen LogP contribution is 2.28. The van der Waals surface area contributed by atoms with Crippen LogP contribution in [0.2, 0.25) is 0 Å². The van der Waals surface area contributed by atoms with Crippen LogP contribution in [0.5, 0.6) is 0 Å². The molecule has 0 amide bonds. The predicted octanol–water partition coefficient (Wildman–Crippen LogP) is 3.40. The highest BCUT2D eigenvalue weighted by atomic mass is 16.4. The van der Waals surface area contributed by atoms with Gasteiger partial charge in [0.1, 0.15) is 11.5 Å². The first-order chi connectivity index (χ1) is 16.3. The number of carboxylic acid groups (broad SMARTS) is 1. The molecular weight excluding hydrogens is 432 g/mol. The van der Waals surface area contributed by atoms with Crippen molar-refractivity contribution in [1.82, 2.24) is 19.2 Å². The molecule has 9 nitrogen and oxygen atoms in total. The van der Waals surface area contributed by atoms with E-state index in [0.717, 1.165) is 23.4 Å². The van der Waals surface area contributed by atoms with E-state index in [0.29, 0.717) is 35.8 Å². The first-order valence-corrected chi connectivity index (χ1v) is 11.2. The van der Waals surface area contributed by atoms with Crippen molar-refractivity contribution in [1.29, 1.82) is 0 Å². The third-order valence-electron chi connectivity index (χ3n) is 6.32. The minimum Gasteiger partial charge on any atom is -0.478 e. The quantitative estimate of drug-likeness (QED) is 0.472. The van der Waals surface area contributed by atoms with Crippen LogP contribution in [-0.4, -0.2) is 36.8 Å².